The van der Waals surface area contributed by atoms with Gasteiger partial charge in [-0.15, -0.1) is 0 Å². The minimum Gasteiger partial charge on any atom is -0.324 e. The number of halogens is 1. The van der Waals surface area contributed by atoms with Gasteiger partial charge in [-0.2, -0.15) is 0 Å². The Morgan fingerprint density at radius 3 is 2.39 bits per heavy atom. The second-order valence-electron chi connectivity index (χ2n) is 4.44. The molecule has 1 rings (SSSR count). The van der Waals surface area contributed by atoms with Crippen LogP contribution in [0, 0.1) is 5.92 Å². The summed E-state index contributed by atoms with van der Waals surface area (Å²) in [5.74, 6) is 0.308. The first-order chi connectivity index (χ1) is 8.33. The third-order valence-electron chi connectivity index (χ3n) is 3.19. The molecule has 5 nitrogen and oxygen atoms in total. The first-order valence-electron chi connectivity index (χ1n) is 6.02. The van der Waals surface area contributed by atoms with Crippen molar-refractivity contribution in [2.75, 3.05) is 0 Å². The van der Waals surface area contributed by atoms with Crippen molar-refractivity contribution in [1.29, 1.82) is 0 Å². The van der Waals surface area contributed by atoms with Crippen molar-refractivity contribution in [3.05, 3.63) is 11.5 Å². The Hall–Kier alpha value is -0.590. The maximum atomic E-state index is 12.1. The number of hydrogen-bond acceptors (Lipinski definition) is 3. The van der Waals surface area contributed by atoms with Gasteiger partial charge in [-0.1, -0.05) is 38.3 Å². The molecule has 0 radical (unpaired) electrons. The summed E-state index contributed by atoms with van der Waals surface area (Å²) in [6.45, 7) is 5.96. The van der Waals surface area contributed by atoms with Gasteiger partial charge in [-0.25, -0.2) is 18.1 Å². The van der Waals surface area contributed by atoms with Gasteiger partial charge in [0.25, 0.3) is 10.0 Å². The first-order valence-corrected chi connectivity index (χ1v) is 7.88. The molecule has 1 atom stereocenters. The summed E-state index contributed by atoms with van der Waals surface area (Å²) < 4.78 is 28.4. The van der Waals surface area contributed by atoms with E-state index in [4.69, 9.17) is 11.6 Å². The molecule has 18 heavy (non-hydrogen) atoms. The van der Waals surface area contributed by atoms with E-state index in [1.165, 1.54) is 10.9 Å². The van der Waals surface area contributed by atoms with E-state index in [0.717, 1.165) is 12.8 Å². The normalized spacial score (nSPS) is 14.1. The molecule has 0 aromatic carbocycles. The van der Waals surface area contributed by atoms with Gasteiger partial charge in [0.2, 0.25) is 5.03 Å². The van der Waals surface area contributed by atoms with Gasteiger partial charge in [0.15, 0.2) is 0 Å². The van der Waals surface area contributed by atoms with Crippen LogP contribution in [0.25, 0.3) is 0 Å². The molecule has 0 aliphatic rings. The molecule has 1 unspecified atom stereocenters. The Morgan fingerprint density at radius 1 is 1.44 bits per heavy atom. The van der Waals surface area contributed by atoms with Gasteiger partial charge in [-0.05, 0) is 12.8 Å². The lowest BCUT2D eigenvalue weighted by Gasteiger charge is -2.21. The highest BCUT2D eigenvalue weighted by molar-refractivity contribution is 7.89. The molecule has 1 aromatic rings. The Labute approximate surface area is 114 Å². The largest absolute Gasteiger partial charge is 0.324 e. The second kappa shape index (κ2) is 6.04. The molecule has 104 valence electrons. The molecule has 1 heterocycles. The molecule has 0 spiro atoms. The van der Waals surface area contributed by atoms with Crippen LogP contribution in [0.5, 0.6) is 0 Å². The summed E-state index contributed by atoms with van der Waals surface area (Å²) in [7, 11) is -2.00. The number of aryl methyl sites for hydroxylation is 1. The molecule has 0 bridgehead atoms. The van der Waals surface area contributed by atoms with E-state index in [9.17, 15) is 8.42 Å². The van der Waals surface area contributed by atoms with Crippen molar-refractivity contribution in [2.24, 2.45) is 13.0 Å². The smallest absolute Gasteiger partial charge is 0.261 e. The minimum absolute atomic E-state index is 0.107. The number of sulfonamides is 1. The highest BCUT2D eigenvalue weighted by Gasteiger charge is 2.26. The van der Waals surface area contributed by atoms with E-state index in [-0.39, 0.29) is 16.2 Å². The second-order valence-corrected chi connectivity index (χ2v) is 6.43. The van der Waals surface area contributed by atoms with Crippen LogP contribution >= 0.6 is 11.6 Å². The van der Waals surface area contributed by atoms with Crippen molar-refractivity contribution in [1.82, 2.24) is 14.3 Å². The Balaban J connectivity index is 2.92. The van der Waals surface area contributed by atoms with Crippen LogP contribution in [0.3, 0.4) is 0 Å². The molecule has 0 amide bonds. The summed E-state index contributed by atoms with van der Waals surface area (Å²) in [6, 6.07) is -0.136. The average Bonchev–Trinajstić information content (AvgIpc) is 2.61. The van der Waals surface area contributed by atoms with Gasteiger partial charge < -0.3 is 4.57 Å². The Morgan fingerprint density at radius 2 is 2.00 bits per heavy atom. The lowest BCUT2D eigenvalue weighted by atomic mass is 9.96. The predicted molar refractivity (Wildman–Crippen MR) is 72.1 cm³/mol. The molecule has 7 heteroatoms. The van der Waals surface area contributed by atoms with Crippen LogP contribution in [0.1, 0.15) is 33.6 Å². The molecule has 0 aliphatic heterocycles. The van der Waals surface area contributed by atoms with Crippen LogP contribution < -0.4 is 4.72 Å². The zero-order valence-electron chi connectivity index (χ0n) is 11.1. The van der Waals surface area contributed by atoms with Crippen molar-refractivity contribution in [3.8, 4) is 0 Å². The molecule has 0 aliphatic carbocycles. The number of nitrogens with zero attached hydrogens (tertiary/aromatic N) is 2. The molecule has 1 N–H and O–H groups in total. The minimum atomic E-state index is -3.65. The zero-order chi connectivity index (χ0) is 13.9. The van der Waals surface area contributed by atoms with Crippen molar-refractivity contribution in [3.63, 3.8) is 0 Å². The fourth-order valence-corrected chi connectivity index (χ4v) is 3.71. The highest BCUT2D eigenvalue weighted by atomic mass is 35.5. The number of rotatable bonds is 6. The molecule has 0 saturated heterocycles. The van der Waals surface area contributed by atoms with Gasteiger partial charge in [0.05, 0.1) is 6.33 Å². The maximum absolute atomic E-state index is 12.1. The third kappa shape index (κ3) is 3.24. The summed E-state index contributed by atoms with van der Waals surface area (Å²) >= 11 is 5.91. The standard InChI is InChI=1S/C11H20ClN3O2S/c1-5-9(6-2)8(3)14-18(16,17)11-10(12)15(4)7-13-11/h7-9,14H,5-6H2,1-4H3. The lowest BCUT2D eigenvalue weighted by Crippen LogP contribution is -2.38. The van der Waals surface area contributed by atoms with E-state index >= 15 is 0 Å². The number of imidazole rings is 1. The van der Waals surface area contributed by atoms with Gasteiger partial charge >= 0.3 is 0 Å². The molecule has 0 fully saturated rings. The van der Waals surface area contributed by atoms with Crippen LogP contribution in [-0.2, 0) is 17.1 Å². The van der Waals surface area contributed by atoms with E-state index in [0.29, 0.717) is 5.92 Å². The van der Waals surface area contributed by atoms with Gasteiger partial charge in [-0.3, -0.25) is 0 Å². The SMILES string of the molecule is CCC(CC)C(C)NS(=O)(=O)c1ncn(C)c1Cl. The topological polar surface area (TPSA) is 64.0 Å². The maximum Gasteiger partial charge on any atom is 0.261 e. The van der Waals surface area contributed by atoms with Crippen molar-refractivity contribution in [2.45, 2.75) is 44.7 Å². The van der Waals surface area contributed by atoms with E-state index in [1.807, 2.05) is 20.8 Å². The Kier molecular flexibility index (Phi) is 5.19. The summed E-state index contributed by atoms with van der Waals surface area (Å²) in [5.41, 5.74) is 0. The highest BCUT2D eigenvalue weighted by Crippen LogP contribution is 2.20. The zero-order valence-corrected chi connectivity index (χ0v) is 12.7. The van der Waals surface area contributed by atoms with E-state index in [1.54, 1.807) is 7.05 Å². The molecule has 0 saturated carbocycles. The van der Waals surface area contributed by atoms with Gasteiger partial charge in [0.1, 0.15) is 5.15 Å². The Bertz CT molecular complexity index is 494. The number of aromatic nitrogens is 2. The first kappa shape index (κ1) is 15.5. The number of hydrogen-bond donors (Lipinski definition) is 1. The van der Waals surface area contributed by atoms with Crippen LogP contribution in [0.2, 0.25) is 5.15 Å². The lowest BCUT2D eigenvalue weighted by molar-refractivity contribution is 0.390. The van der Waals surface area contributed by atoms with E-state index in [2.05, 4.69) is 9.71 Å². The molecular weight excluding hydrogens is 274 g/mol. The average molecular weight is 294 g/mol. The summed E-state index contributed by atoms with van der Waals surface area (Å²) in [4.78, 5) is 3.83. The summed E-state index contributed by atoms with van der Waals surface area (Å²) in [6.07, 6.45) is 3.24. The fraction of sp³-hybridized carbons (Fsp3) is 0.727. The van der Waals surface area contributed by atoms with Crippen molar-refractivity contribution >= 4 is 21.6 Å². The van der Waals surface area contributed by atoms with Crippen molar-refractivity contribution < 1.29 is 8.42 Å². The quantitative estimate of drug-likeness (QED) is 0.874. The summed E-state index contributed by atoms with van der Waals surface area (Å²) in [5, 5.41) is 0.0173. The predicted octanol–water partition coefficient (Wildman–Crippen LogP) is 2.18. The van der Waals surface area contributed by atoms with E-state index < -0.39 is 10.0 Å². The van der Waals surface area contributed by atoms with Crippen LogP contribution in [0.15, 0.2) is 11.4 Å². The third-order valence-corrected chi connectivity index (χ3v) is 5.23. The van der Waals surface area contributed by atoms with Crippen LogP contribution in [-0.4, -0.2) is 24.0 Å². The monoisotopic (exact) mass is 293 g/mol. The fourth-order valence-electron chi connectivity index (χ4n) is 1.97. The molecular formula is C11H20ClN3O2S. The molecule has 1 aromatic heterocycles. The number of nitrogens with one attached hydrogen (secondary N) is 1. The van der Waals surface area contributed by atoms with Gasteiger partial charge in [0, 0.05) is 13.1 Å². The van der Waals surface area contributed by atoms with Crippen LogP contribution in [0.4, 0.5) is 0 Å².